The van der Waals surface area contributed by atoms with Crippen molar-refractivity contribution in [2.24, 2.45) is 0 Å². The zero-order chi connectivity index (χ0) is 20.9. The first kappa shape index (κ1) is 22.2. The maximum Gasteiger partial charge on any atom is 0.251 e. The number of carbonyl (C=O) groups excluding carboxylic acids is 1. The molecule has 1 aromatic carbocycles. The first-order valence-corrected chi connectivity index (χ1v) is 12.1. The number of amides is 1. The third kappa shape index (κ3) is 5.78. The molecule has 1 N–H and O–H groups in total. The van der Waals surface area contributed by atoms with Crippen molar-refractivity contribution in [1.29, 1.82) is 0 Å². The Balaban J connectivity index is 1.56. The van der Waals surface area contributed by atoms with Crippen molar-refractivity contribution in [3.05, 3.63) is 29.3 Å². The van der Waals surface area contributed by atoms with Crippen LogP contribution in [-0.2, 0) is 10.0 Å². The van der Waals surface area contributed by atoms with Gasteiger partial charge in [-0.25, -0.2) is 8.42 Å². The highest BCUT2D eigenvalue weighted by atomic mass is 32.2. The van der Waals surface area contributed by atoms with Gasteiger partial charge in [-0.05, 0) is 57.5 Å². The molecule has 2 aliphatic heterocycles. The first-order chi connectivity index (χ1) is 13.9. The van der Waals surface area contributed by atoms with E-state index >= 15 is 0 Å². The van der Waals surface area contributed by atoms with Crippen LogP contribution < -0.4 is 5.32 Å². The van der Waals surface area contributed by atoms with E-state index in [9.17, 15) is 13.2 Å². The van der Waals surface area contributed by atoms with Crippen LogP contribution in [0.1, 0.15) is 41.6 Å². The number of nitrogens with one attached hydrogen (secondary N) is 1. The lowest BCUT2D eigenvalue weighted by atomic mass is 10.1. The van der Waals surface area contributed by atoms with Crippen molar-refractivity contribution >= 4 is 15.9 Å². The van der Waals surface area contributed by atoms with Crippen molar-refractivity contribution in [3.8, 4) is 0 Å². The van der Waals surface area contributed by atoms with Gasteiger partial charge < -0.3 is 15.1 Å². The Morgan fingerprint density at radius 2 is 1.72 bits per heavy atom. The number of piperidine rings is 1. The van der Waals surface area contributed by atoms with Gasteiger partial charge in [-0.15, -0.1) is 0 Å². The molecular formula is C21H34N4O3S. The molecule has 0 bridgehead atoms. The molecule has 2 heterocycles. The predicted molar refractivity (Wildman–Crippen MR) is 115 cm³/mol. The minimum atomic E-state index is -3.54. The Bertz CT molecular complexity index is 798. The van der Waals surface area contributed by atoms with Gasteiger partial charge in [-0.3, -0.25) is 4.79 Å². The Morgan fingerprint density at radius 1 is 1.03 bits per heavy atom. The van der Waals surface area contributed by atoms with Gasteiger partial charge in [0.05, 0.1) is 4.90 Å². The number of nitrogens with zero attached hydrogens (tertiary/aromatic N) is 3. The minimum absolute atomic E-state index is 0.198. The molecule has 29 heavy (non-hydrogen) atoms. The van der Waals surface area contributed by atoms with Gasteiger partial charge in [-0.2, -0.15) is 4.31 Å². The van der Waals surface area contributed by atoms with E-state index in [-0.39, 0.29) is 10.8 Å². The largest absolute Gasteiger partial charge is 0.352 e. The summed E-state index contributed by atoms with van der Waals surface area (Å²) in [5, 5.41) is 2.96. The van der Waals surface area contributed by atoms with Crippen molar-refractivity contribution in [2.75, 3.05) is 59.4 Å². The molecule has 0 aliphatic carbocycles. The van der Waals surface area contributed by atoms with Crippen molar-refractivity contribution in [1.82, 2.24) is 19.4 Å². The molecule has 1 amide bonds. The zero-order valence-electron chi connectivity index (χ0n) is 17.7. The molecule has 8 heteroatoms. The topological polar surface area (TPSA) is 73.0 Å². The fourth-order valence-electron chi connectivity index (χ4n) is 3.93. The quantitative estimate of drug-likeness (QED) is 0.675. The lowest BCUT2D eigenvalue weighted by Gasteiger charge is -2.32. The Hall–Kier alpha value is -1.48. The van der Waals surface area contributed by atoms with Gasteiger partial charge in [0.2, 0.25) is 10.0 Å². The highest BCUT2D eigenvalue weighted by Gasteiger charge is 2.27. The van der Waals surface area contributed by atoms with Crippen LogP contribution in [0.15, 0.2) is 23.1 Å². The summed E-state index contributed by atoms with van der Waals surface area (Å²) in [5.74, 6) is -0.198. The lowest BCUT2D eigenvalue weighted by molar-refractivity contribution is 0.0948. The molecule has 3 rings (SSSR count). The van der Waals surface area contributed by atoms with Gasteiger partial charge in [0.1, 0.15) is 0 Å². The maximum absolute atomic E-state index is 12.9. The van der Waals surface area contributed by atoms with Crippen LogP contribution in [0.2, 0.25) is 0 Å². The van der Waals surface area contributed by atoms with Crippen molar-refractivity contribution < 1.29 is 13.2 Å². The van der Waals surface area contributed by atoms with Gasteiger partial charge >= 0.3 is 0 Å². The summed E-state index contributed by atoms with van der Waals surface area (Å²) in [6, 6.07) is 4.88. The summed E-state index contributed by atoms with van der Waals surface area (Å²) in [6.07, 6.45) is 3.75. The predicted octanol–water partition coefficient (Wildman–Crippen LogP) is 1.54. The van der Waals surface area contributed by atoms with Crippen LogP contribution in [0, 0.1) is 6.92 Å². The second-order valence-corrected chi connectivity index (χ2v) is 10.1. The SMILES string of the molecule is Cc1ccc(S(=O)(=O)N2CCCCC2)cc1C(=O)NCCCN1CCN(C)CC1. The molecule has 0 aromatic heterocycles. The average molecular weight is 423 g/mol. The molecule has 162 valence electrons. The van der Waals surface area contributed by atoms with E-state index in [1.54, 1.807) is 16.4 Å². The van der Waals surface area contributed by atoms with E-state index < -0.39 is 10.0 Å². The second kappa shape index (κ2) is 10.0. The van der Waals surface area contributed by atoms with E-state index in [1.165, 1.54) is 6.07 Å². The number of likely N-dealkylation sites (N-methyl/N-ethyl adjacent to an activating group) is 1. The monoisotopic (exact) mass is 422 g/mol. The number of aryl methyl sites for hydroxylation is 1. The summed E-state index contributed by atoms with van der Waals surface area (Å²) >= 11 is 0. The van der Waals surface area contributed by atoms with Gasteiger partial charge in [0, 0.05) is 51.4 Å². The fraction of sp³-hybridized carbons (Fsp3) is 0.667. The average Bonchev–Trinajstić information content (AvgIpc) is 2.73. The summed E-state index contributed by atoms with van der Waals surface area (Å²) in [6.45, 7) is 8.84. The highest BCUT2D eigenvalue weighted by molar-refractivity contribution is 7.89. The molecule has 1 aromatic rings. The van der Waals surface area contributed by atoms with E-state index in [2.05, 4.69) is 22.2 Å². The second-order valence-electron chi connectivity index (χ2n) is 8.20. The van der Waals surface area contributed by atoms with Crippen LogP contribution in [0.5, 0.6) is 0 Å². The van der Waals surface area contributed by atoms with E-state index in [1.807, 2.05) is 6.92 Å². The van der Waals surface area contributed by atoms with E-state index in [4.69, 9.17) is 0 Å². The standard InChI is InChI=1S/C21H34N4O3S/c1-18-7-8-19(29(27,28)25-11-4-3-5-12-25)17-20(18)21(26)22-9-6-10-24-15-13-23(2)14-16-24/h7-8,17H,3-6,9-16H2,1-2H3,(H,22,26). The van der Waals surface area contributed by atoms with E-state index in [0.717, 1.165) is 64.0 Å². The van der Waals surface area contributed by atoms with Gasteiger partial charge in [0.25, 0.3) is 5.91 Å². The fourth-order valence-corrected chi connectivity index (χ4v) is 5.48. The van der Waals surface area contributed by atoms with Crippen LogP contribution in [-0.4, -0.2) is 87.8 Å². The molecule has 2 saturated heterocycles. The molecule has 0 saturated carbocycles. The van der Waals surface area contributed by atoms with Crippen LogP contribution in [0.3, 0.4) is 0 Å². The third-order valence-electron chi connectivity index (χ3n) is 5.94. The Labute approximate surface area is 175 Å². The van der Waals surface area contributed by atoms with Crippen LogP contribution in [0.4, 0.5) is 0 Å². The molecule has 0 atom stereocenters. The number of hydrogen-bond acceptors (Lipinski definition) is 5. The first-order valence-electron chi connectivity index (χ1n) is 10.7. The van der Waals surface area contributed by atoms with Crippen molar-refractivity contribution in [3.63, 3.8) is 0 Å². The van der Waals surface area contributed by atoms with E-state index in [0.29, 0.717) is 25.2 Å². The Kier molecular flexibility index (Phi) is 7.67. The molecule has 0 unspecified atom stereocenters. The molecule has 2 aliphatic rings. The van der Waals surface area contributed by atoms with Crippen molar-refractivity contribution in [2.45, 2.75) is 37.5 Å². The molecule has 2 fully saturated rings. The minimum Gasteiger partial charge on any atom is -0.352 e. The number of piperazine rings is 1. The number of rotatable bonds is 7. The zero-order valence-corrected chi connectivity index (χ0v) is 18.5. The maximum atomic E-state index is 12.9. The Morgan fingerprint density at radius 3 is 2.41 bits per heavy atom. The summed E-state index contributed by atoms with van der Waals surface area (Å²) < 4.78 is 27.4. The normalized spacial score (nSPS) is 19.9. The number of benzene rings is 1. The highest BCUT2D eigenvalue weighted by Crippen LogP contribution is 2.22. The van der Waals surface area contributed by atoms with Crippen LogP contribution in [0.25, 0.3) is 0 Å². The number of hydrogen-bond donors (Lipinski definition) is 1. The molecule has 7 nitrogen and oxygen atoms in total. The summed E-state index contributed by atoms with van der Waals surface area (Å²) in [5.41, 5.74) is 1.24. The molecular weight excluding hydrogens is 388 g/mol. The third-order valence-corrected chi connectivity index (χ3v) is 7.83. The van der Waals surface area contributed by atoms with Crippen LogP contribution >= 0.6 is 0 Å². The summed E-state index contributed by atoms with van der Waals surface area (Å²) in [7, 11) is -1.40. The smallest absolute Gasteiger partial charge is 0.251 e. The summed E-state index contributed by atoms with van der Waals surface area (Å²) in [4.78, 5) is 17.6. The van der Waals surface area contributed by atoms with Gasteiger partial charge in [-0.1, -0.05) is 12.5 Å². The molecule has 0 spiro atoms. The molecule has 0 radical (unpaired) electrons. The number of carbonyl (C=O) groups is 1. The van der Waals surface area contributed by atoms with Gasteiger partial charge in [0.15, 0.2) is 0 Å². The lowest BCUT2D eigenvalue weighted by Crippen LogP contribution is -2.45. The number of sulfonamides is 1.